The summed E-state index contributed by atoms with van der Waals surface area (Å²) < 4.78 is 10.5. The molecule has 3 atom stereocenters. The normalized spacial score (nSPS) is 22.5. The Morgan fingerprint density at radius 1 is 1.30 bits per heavy atom. The highest BCUT2D eigenvalue weighted by Gasteiger charge is 2.38. The van der Waals surface area contributed by atoms with Crippen molar-refractivity contribution in [2.75, 3.05) is 13.7 Å². The number of hydrogen-bond donors (Lipinski definition) is 2. The summed E-state index contributed by atoms with van der Waals surface area (Å²) in [5.41, 5.74) is 3.30. The Labute approximate surface area is 156 Å². The number of para-hydroxylation sites is 1. The molecule has 27 heavy (non-hydrogen) atoms. The molecular weight excluding hydrogens is 344 g/mol. The van der Waals surface area contributed by atoms with Gasteiger partial charge in [-0.3, -0.25) is 4.98 Å². The number of H-pyrrole nitrogens is 1. The van der Waals surface area contributed by atoms with Gasteiger partial charge in [0.2, 0.25) is 0 Å². The third kappa shape index (κ3) is 2.96. The molecule has 1 aromatic carbocycles. The minimum Gasteiger partial charge on any atom is -0.497 e. The van der Waals surface area contributed by atoms with Gasteiger partial charge in [-0.25, -0.2) is 4.79 Å². The molecule has 1 aliphatic rings. The van der Waals surface area contributed by atoms with Crippen molar-refractivity contribution in [3.05, 3.63) is 54.1 Å². The first kappa shape index (κ1) is 17.5. The molecule has 0 saturated heterocycles. The van der Waals surface area contributed by atoms with E-state index in [2.05, 4.69) is 16.0 Å². The van der Waals surface area contributed by atoms with Crippen LogP contribution in [0.15, 0.2) is 48.4 Å². The summed E-state index contributed by atoms with van der Waals surface area (Å²) in [6, 6.07) is 10.1. The van der Waals surface area contributed by atoms with Crippen LogP contribution in [0.25, 0.3) is 21.8 Å². The number of hydrogen-bond acceptors (Lipinski definition) is 5. The van der Waals surface area contributed by atoms with Crippen LogP contribution in [0.3, 0.4) is 0 Å². The number of carbonyl (C=O) groups excluding carboxylic acids is 1. The standard InChI is InChI=1S/C21H22N2O4/c1-12-16(10-24)15(17(11-27-12)21(25)26-2)9-19-20-14(7-8-22-19)13-5-3-4-6-18(13)23-20/h3-8,11-12,15-16,23-24H,9-10H2,1-2H3/t12-,15-,16-/m0/s1. The number of pyridine rings is 1. The molecule has 0 aliphatic carbocycles. The van der Waals surface area contributed by atoms with Crippen LogP contribution in [0.4, 0.5) is 0 Å². The first-order chi connectivity index (χ1) is 13.1. The van der Waals surface area contributed by atoms with E-state index in [0.717, 1.165) is 27.5 Å². The number of carbonyl (C=O) groups is 1. The third-order valence-electron chi connectivity index (χ3n) is 5.48. The summed E-state index contributed by atoms with van der Waals surface area (Å²) in [6.07, 6.45) is 3.56. The Balaban J connectivity index is 1.80. The lowest BCUT2D eigenvalue weighted by atomic mass is 9.78. The van der Waals surface area contributed by atoms with Gasteiger partial charge in [0.05, 0.1) is 36.8 Å². The predicted octanol–water partition coefficient (Wildman–Crippen LogP) is 2.96. The first-order valence-corrected chi connectivity index (χ1v) is 9.03. The predicted molar refractivity (Wildman–Crippen MR) is 102 cm³/mol. The largest absolute Gasteiger partial charge is 0.497 e. The second-order valence-electron chi connectivity index (χ2n) is 6.91. The van der Waals surface area contributed by atoms with Crippen LogP contribution in [-0.4, -0.2) is 40.9 Å². The van der Waals surface area contributed by atoms with Crippen molar-refractivity contribution in [3.8, 4) is 0 Å². The molecule has 0 amide bonds. The van der Waals surface area contributed by atoms with E-state index in [1.165, 1.54) is 13.4 Å². The zero-order valence-electron chi connectivity index (χ0n) is 15.3. The number of nitrogens with one attached hydrogen (secondary N) is 1. The highest BCUT2D eigenvalue weighted by Crippen LogP contribution is 2.35. The Morgan fingerprint density at radius 2 is 2.11 bits per heavy atom. The summed E-state index contributed by atoms with van der Waals surface area (Å²) in [5.74, 6) is -0.893. The molecule has 0 radical (unpaired) electrons. The average molecular weight is 366 g/mol. The Hall–Kier alpha value is -2.86. The Bertz CT molecular complexity index is 1020. The zero-order valence-corrected chi connectivity index (χ0v) is 15.3. The monoisotopic (exact) mass is 366 g/mol. The lowest BCUT2D eigenvalue weighted by Gasteiger charge is -2.34. The molecule has 0 saturated carbocycles. The van der Waals surface area contributed by atoms with Gasteiger partial charge in [-0.1, -0.05) is 18.2 Å². The van der Waals surface area contributed by atoms with E-state index >= 15 is 0 Å². The average Bonchev–Trinajstić information content (AvgIpc) is 3.07. The van der Waals surface area contributed by atoms with Crippen LogP contribution in [0.5, 0.6) is 0 Å². The van der Waals surface area contributed by atoms with E-state index in [9.17, 15) is 9.90 Å². The maximum absolute atomic E-state index is 12.3. The van der Waals surface area contributed by atoms with Crippen LogP contribution in [0, 0.1) is 11.8 Å². The molecule has 3 aromatic rings. The summed E-state index contributed by atoms with van der Waals surface area (Å²) in [7, 11) is 1.35. The fraction of sp³-hybridized carbons (Fsp3) is 0.333. The molecular formula is C21H22N2O4. The lowest BCUT2D eigenvalue weighted by molar-refractivity contribution is -0.138. The maximum atomic E-state index is 12.3. The van der Waals surface area contributed by atoms with Crippen LogP contribution in [-0.2, 0) is 20.7 Å². The summed E-state index contributed by atoms with van der Waals surface area (Å²) >= 11 is 0. The second kappa shape index (κ2) is 7.04. The minimum absolute atomic E-state index is 0.0805. The summed E-state index contributed by atoms with van der Waals surface area (Å²) in [4.78, 5) is 20.3. The number of rotatable bonds is 4. The van der Waals surface area contributed by atoms with Gasteiger partial charge in [0.15, 0.2) is 0 Å². The molecule has 1 aliphatic heterocycles. The Kier molecular flexibility index (Phi) is 4.58. The van der Waals surface area contributed by atoms with Gasteiger partial charge in [0.1, 0.15) is 6.10 Å². The van der Waals surface area contributed by atoms with Gasteiger partial charge in [-0.2, -0.15) is 0 Å². The number of ether oxygens (including phenoxy) is 2. The Morgan fingerprint density at radius 3 is 2.89 bits per heavy atom. The van der Waals surface area contributed by atoms with Gasteiger partial charge < -0.3 is 19.6 Å². The number of aromatic amines is 1. The van der Waals surface area contributed by atoms with Gasteiger partial charge in [-0.15, -0.1) is 0 Å². The van der Waals surface area contributed by atoms with Gasteiger partial charge in [0.25, 0.3) is 0 Å². The van der Waals surface area contributed by atoms with Gasteiger partial charge in [-0.05, 0) is 25.5 Å². The summed E-state index contributed by atoms with van der Waals surface area (Å²) in [6.45, 7) is 1.82. The molecule has 4 rings (SSSR count). The summed E-state index contributed by atoms with van der Waals surface area (Å²) in [5, 5.41) is 12.2. The minimum atomic E-state index is -0.436. The fourth-order valence-corrected chi connectivity index (χ4v) is 3.97. The number of fused-ring (bicyclic) bond motifs is 3. The molecule has 3 heterocycles. The highest BCUT2D eigenvalue weighted by atomic mass is 16.5. The quantitative estimate of drug-likeness (QED) is 0.694. The number of aromatic nitrogens is 2. The van der Waals surface area contributed by atoms with E-state index in [0.29, 0.717) is 12.0 Å². The van der Waals surface area contributed by atoms with Gasteiger partial charge in [0, 0.05) is 34.3 Å². The van der Waals surface area contributed by atoms with E-state index < -0.39 is 5.97 Å². The number of nitrogens with zero attached hydrogens (tertiary/aromatic N) is 1. The highest BCUT2D eigenvalue weighted by molar-refractivity contribution is 6.07. The number of aliphatic hydroxyl groups excluding tert-OH is 1. The topological polar surface area (TPSA) is 84.4 Å². The van der Waals surface area contributed by atoms with E-state index in [-0.39, 0.29) is 24.5 Å². The molecule has 140 valence electrons. The van der Waals surface area contributed by atoms with E-state index in [1.54, 1.807) is 6.20 Å². The zero-order chi connectivity index (χ0) is 19.0. The number of aliphatic hydroxyl groups is 1. The second-order valence-corrected chi connectivity index (χ2v) is 6.91. The molecule has 2 N–H and O–H groups in total. The molecule has 0 bridgehead atoms. The van der Waals surface area contributed by atoms with Crippen molar-refractivity contribution < 1.29 is 19.4 Å². The van der Waals surface area contributed by atoms with E-state index in [1.807, 2.05) is 31.2 Å². The van der Waals surface area contributed by atoms with Crippen molar-refractivity contribution in [2.24, 2.45) is 11.8 Å². The van der Waals surface area contributed by atoms with Crippen LogP contribution < -0.4 is 0 Å². The fourth-order valence-electron chi connectivity index (χ4n) is 3.97. The lowest BCUT2D eigenvalue weighted by Crippen LogP contribution is -2.38. The number of benzene rings is 1. The first-order valence-electron chi connectivity index (χ1n) is 9.03. The van der Waals surface area contributed by atoms with Crippen molar-refractivity contribution in [1.82, 2.24) is 9.97 Å². The maximum Gasteiger partial charge on any atom is 0.337 e. The molecule has 0 fully saturated rings. The SMILES string of the molecule is COC(=O)C1=CO[C@@H](C)[C@H](CO)[C@@H]1Cc1nccc2c1[nH]c1ccccc12. The molecule has 6 nitrogen and oxygen atoms in total. The smallest absolute Gasteiger partial charge is 0.337 e. The van der Waals surface area contributed by atoms with Crippen LogP contribution >= 0.6 is 0 Å². The molecule has 0 spiro atoms. The third-order valence-corrected chi connectivity index (χ3v) is 5.48. The molecule has 6 heteroatoms. The molecule has 2 aromatic heterocycles. The van der Waals surface area contributed by atoms with Crippen molar-refractivity contribution in [2.45, 2.75) is 19.4 Å². The number of esters is 1. The van der Waals surface area contributed by atoms with E-state index in [4.69, 9.17) is 9.47 Å². The van der Waals surface area contributed by atoms with Crippen molar-refractivity contribution >= 4 is 27.8 Å². The molecule has 0 unspecified atom stereocenters. The van der Waals surface area contributed by atoms with Crippen molar-refractivity contribution in [3.63, 3.8) is 0 Å². The van der Waals surface area contributed by atoms with Crippen LogP contribution in [0.1, 0.15) is 12.6 Å². The van der Waals surface area contributed by atoms with Crippen LogP contribution in [0.2, 0.25) is 0 Å². The number of methoxy groups -OCH3 is 1. The van der Waals surface area contributed by atoms with Gasteiger partial charge >= 0.3 is 5.97 Å². The van der Waals surface area contributed by atoms with Crippen molar-refractivity contribution in [1.29, 1.82) is 0 Å².